The second-order valence-corrected chi connectivity index (χ2v) is 5.00. The molecule has 21 heavy (non-hydrogen) atoms. The van der Waals surface area contributed by atoms with Crippen molar-refractivity contribution in [3.05, 3.63) is 51.8 Å². The summed E-state index contributed by atoms with van der Waals surface area (Å²) in [6.07, 6.45) is 0.753. The van der Waals surface area contributed by atoms with Gasteiger partial charge in [-0.2, -0.15) is 4.52 Å². The highest BCUT2D eigenvalue weighted by Crippen LogP contribution is 2.20. The normalized spacial score (nSPS) is 14.3. The van der Waals surface area contributed by atoms with Gasteiger partial charge in [0.2, 0.25) is 0 Å². The van der Waals surface area contributed by atoms with E-state index in [4.69, 9.17) is 0 Å². The van der Waals surface area contributed by atoms with Crippen LogP contribution in [0.15, 0.2) is 29.1 Å². The Morgan fingerprint density at radius 1 is 1.33 bits per heavy atom. The van der Waals surface area contributed by atoms with Crippen molar-refractivity contribution in [2.24, 2.45) is 0 Å². The molecule has 2 N–H and O–H groups in total. The number of aromatic amines is 1. The fraction of sp³-hybridized carbons (Fsp3) is 0.214. The molecule has 2 aromatic heterocycles. The molecule has 3 aromatic rings. The molecule has 3 heterocycles. The number of halogens is 1. The van der Waals surface area contributed by atoms with Crippen LogP contribution in [0.1, 0.15) is 11.3 Å². The lowest BCUT2D eigenvalue weighted by molar-refractivity contribution is 0.621. The van der Waals surface area contributed by atoms with Crippen LogP contribution in [0.2, 0.25) is 0 Å². The number of aromatic nitrogens is 4. The second-order valence-electron chi connectivity index (χ2n) is 5.00. The van der Waals surface area contributed by atoms with Crippen LogP contribution in [0.4, 0.5) is 4.39 Å². The van der Waals surface area contributed by atoms with E-state index in [0.29, 0.717) is 23.6 Å². The fourth-order valence-corrected chi connectivity index (χ4v) is 2.62. The van der Waals surface area contributed by atoms with Gasteiger partial charge in [0, 0.05) is 36.3 Å². The highest BCUT2D eigenvalue weighted by Gasteiger charge is 2.18. The van der Waals surface area contributed by atoms with Crippen LogP contribution in [-0.4, -0.2) is 26.1 Å². The SMILES string of the molecule is O=c1[nH]c2c(c3nc(-c4cccc(F)c4)nn13)CNCC2. The molecule has 0 saturated heterocycles. The molecule has 0 amide bonds. The van der Waals surface area contributed by atoms with E-state index in [2.05, 4.69) is 20.4 Å². The summed E-state index contributed by atoms with van der Waals surface area (Å²) in [7, 11) is 0. The Morgan fingerprint density at radius 3 is 3.10 bits per heavy atom. The Morgan fingerprint density at radius 2 is 2.24 bits per heavy atom. The summed E-state index contributed by atoms with van der Waals surface area (Å²) in [5, 5.41) is 7.45. The first-order valence-electron chi connectivity index (χ1n) is 6.70. The van der Waals surface area contributed by atoms with Gasteiger partial charge in [-0.15, -0.1) is 5.10 Å². The lowest BCUT2D eigenvalue weighted by Crippen LogP contribution is -2.30. The van der Waals surface area contributed by atoms with E-state index < -0.39 is 0 Å². The van der Waals surface area contributed by atoms with Crippen molar-refractivity contribution in [3.63, 3.8) is 0 Å². The van der Waals surface area contributed by atoms with E-state index in [9.17, 15) is 9.18 Å². The van der Waals surface area contributed by atoms with Crippen LogP contribution in [0, 0.1) is 5.82 Å². The topological polar surface area (TPSA) is 75.1 Å². The molecule has 0 bridgehead atoms. The summed E-state index contributed by atoms with van der Waals surface area (Å²) in [5.74, 6) is -0.0112. The van der Waals surface area contributed by atoms with Gasteiger partial charge >= 0.3 is 5.69 Å². The van der Waals surface area contributed by atoms with Crippen molar-refractivity contribution in [2.75, 3.05) is 6.54 Å². The van der Waals surface area contributed by atoms with Crippen LogP contribution < -0.4 is 11.0 Å². The molecule has 1 aliphatic heterocycles. The molecule has 106 valence electrons. The Labute approximate surface area is 118 Å². The average molecular weight is 285 g/mol. The van der Waals surface area contributed by atoms with Gasteiger partial charge in [0.25, 0.3) is 0 Å². The van der Waals surface area contributed by atoms with Gasteiger partial charge in [-0.3, -0.25) is 0 Å². The minimum atomic E-state index is -0.357. The van der Waals surface area contributed by atoms with E-state index in [-0.39, 0.29) is 11.5 Å². The minimum Gasteiger partial charge on any atom is -0.312 e. The second kappa shape index (κ2) is 4.49. The smallest absolute Gasteiger partial charge is 0.312 e. The molecule has 0 spiro atoms. The van der Waals surface area contributed by atoms with Gasteiger partial charge in [0.15, 0.2) is 11.5 Å². The van der Waals surface area contributed by atoms with Crippen LogP contribution >= 0.6 is 0 Å². The zero-order chi connectivity index (χ0) is 14.4. The number of benzene rings is 1. The molecule has 4 rings (SSSR count). The monoisotopic (exact) mass is 285 g/mol. The fourth-order valence-electron chi connectivity index (χ4n) is 2.62. The maximum Gasteiger partial charge on any atom is 0.348 e. The number of hydrogen-bond acceptors (Lipinski definition) is 4. The zero-order valence-corrected chi connectivity index (χ0v) is 11.1. The lowest BCUT2D eigenvalue weighted by atomic mass is 10.1. The Kier molecular flexibility index (Phi) is 2.61. The first kappa shape index (κ1) is 12.2. The van der Waals surface area contributed by atoms with Crippen molar-refractivity contribution < 1.29 is 4.39 Å². The summed E-state index contributed by atoms with van der Waals surface area (Å²) >= 11 is 0. The number of hydrogen-bond donors (Lipinski definition) is 2. The predicted octanol–water partition coefficient (Wildman–Crippen LogP) is 0.869. The van der Waals surface area contributed by atoms with Crippen molar-refractivity contribution in [3.8, 4) is 11.4 Å². The van der Waals surface area contributed by atoms with E-state index in [1.165, 1.54) is 16.6 Å². The van der Waals surface area contributed by atoms with Gasteiger partial charge in [-0.1, -0.05) is 12.1 Å². The lowest BCUT2D eigenvalue weighted by Gasteiger charge is -2.16. The van der Waals surface area contributed by atoms with E-state index in [1.807, 2.05) is 0 Å². The first-order chi connectivity index (χ1) is 10.2. The maximum atomic E-state index is 13.3. The molecule has 0 atom stereocenters. The third-order valence-corrected chi connectivity index (χ3v) is 3.63. The highest BCUT2D eigenvalue weighted by atomic mass is 19.1. The van der Waals surface area contributed by atoms with Crippen LogP contribution in [0.5, 0.6) is 0 Å². The summed E-state index contributed by atoms with van der Waals surface area (Å²) in [6.45, 7) is 1.46. The van der Waals surface area contributed by atoms with Gasteiger partial charge in [0.1, 0.15) is 5.82 Å². The molecular formula is C14H12FN5O. The van der Waals surface area contributed by atoms with Crippen molar-refractivity contribution >= 4 is 5.65 Å². The highest BCUT2D eigenvalue weighted by molar-refractivity contribution is 5.60. The molecule has 1 aliphatic rings. The maximum absolute atomic E-state index is 13.3. The largest absolute Gasteiger partial charge is 0.348 e. The first-order valence-corrected chi connectivity index (χ1v) is 6.70. The average Bonchev–Trinajstić information content (AvgIpc) is 2.93. The molecular weight excluding hydrogens is 273 g/mol. The molecule has 7 heteroatoms. The molecule has 6 nitrogen and oxygen atoms in total. The predicted molar refractivity (Wildman–Crippen MR) is 74.4 cm³/mol. The van der Waals surface area contributed by atoms with Gasteiger partial charge in [0.05, 0.1) is 0 Å². The van der Waals surface area contributed by atoms with Gasteiger partial charge in [-0.05, 0) is 12.1 Å². The Bertz CT molecular complexity index is 898. The molecule has 1 aromatic carbocycles. The van der Waals surface area contributed by atoms with Crippen LogP contribution in [-0.2, 0) is 13.0 Å². The van der Waals surface area contributed by atoms with Crippen LogP contribution in [0.25, 0.3) is 17.0 Å². The van der Waals surface area contributed by atoms with Gasteiger partial charge < -0.3 is 10.3 Å². The number of nitrogens with zero attached hydrogens (tertiary/aromatic N) is 3. The van der Waals surface area contributed by atoms with E-state index in [0.717, 1.165) is 24.2 Å². The summed E-state index contributed by atoms with van der Waals surface area (Å²) in [4.78, 5) is 19.3. The summed E-state index contributed by atoms with van der Waals surface area (Å²) in [5.41, 5.74) is 2.59. The standard InChI is InChI=1S/C14H12FN5O/c15-9-3-1-2-8(6-9)12-18-13-10-7-16-5-4-11(10)17-14(21)20(13)19-12/h1-3,6,16H,4-5,7H2,(H,17,21). The zero-order valence-electron chi connectivity index (χ0n) is 11.1. The molecule has 0 unspecified atom stereocenters. The number of fused-ring (bicyclic) bond motifs is 3. The van der Waals surface area contributed by atoms with Crippen molar-refractivity contribution in [1.82, 2.24) is 24.9 Å². The number of rotatable bonds is 1. The molecule has 0 fully saturated rings. The van der Waals surface area contributed by atoms with Crippen molar-refractivity contribution in [1.29, 1.82) is 0 Å². The third-order valence-electron chi connectivity index (χ3n) is 3.63. The Balaban J connectivity index is 1.98. The minimum absolute atomic E-state index is 0.319. The van der Waals surface area contributed by atoms with E-state index in [1.54, 1.807) is 12.1 Å². The quantitative estimate of drug-likeness (QED) is 0.695. The Hall–Kier alpha value is -2.54. The molecule has 0 radical (unpaired) electrons. The molecule has 0 saturated carbocycles. The number of nitrogens with one attached hydrogen (secondary N) is 2. The van der Waals surface area contributed by atoms with Gasteiger partial charge in [-0.25, -0.2) is 14.2 Å². The molecule has 0 aliphatic carbocycles. The van der Waals surface area contributed by atoms with E-state index >= 15 is 0 Å². The third kappa shape index (κ3) is 1.93. The summed E-state index contributed by atoms with van der Waals surface area (Å²) < 4.78 is 14.6. The number of H-pyrrole nitrogens is 1. The summed E-state index contributed by atoms with van der Waals surface area (Å²) in [6, 6.07) is 6.03. The van der Waals surface area contributed by atoms with Crippen molar-refractivity contribution in [2.45, 2.75) is 13.0 Å². The van der Waals surface area contributed by atoms with Crippen LogP contribution in [0.3, 0.4) is 0 Å².